The average molecular weight is 367 g/mol. The van der Waals surface area contributed by atoms with Gasteiger partial charge in [-0.3, -0.25) is 0 Å². The van der Waals surface area contributed by atoms with Gasteiger partial charge in [0.1, 0.15) is 16.9 Å². The second-order valence-electron chi connectivity index (χ2n) is 6.77. The summed E-state index contributed by atoms with van der Waals surface area (Å²) in [5, 5.41) is 2.66. The van der Waals surface area contributed by atoms with E-state index < -0.39 is 11.7 Å². The summed E-state index contributed by atoms with van der Waals surface area (Å²) in [7, 11) is 1.84. The van der Waals surface area contributed by atoms with Crippen molar-refractivity contribution in [2.24, 2.45) is 7.05 Å². The first kappa shape index (κ1) is 16.1. The highest BCUT2D eigenvalue weighted by Gasteiger charge is 2.36. The molecule has 0 saturated heterocycles. The van der Waals surface area contributed by atoms with Crippen molar-refractivity contribution in [2.75, 3.05) is 0 Å². The minimum absolute atomic E-state index is 0.181. The van der Waals surface area contributed by atoms with E-state index >= 15 is 0 Å². The molecular weight excluding hydrogens is 353 g/mol. The Bertz CT molecular complexity index is 1260. The van der Waals surface area contributed by atoms with Gasteiger partial charge in [-0.05, 0) is 40.4 Å². The van der Waals surface area contributed by atoms with Crippen molar-refractivity contribution in [3.05, 3.63) is 59.9 Å². The number of alkyl halides is 3. The van der Waals surface area contributed by atoms with Gasteiger partial charge in [-0.2, -0.15) is 13.2 Å². The Kier molecular flexibility index (Phi) is 3.09. The van der Waals surface area contributed by atoms with Gasteiger partial charge in [0.05, 0.1) is 18.2 Å². The maximum atomic E-state index is 13.3. The highest BCUT2D eigenvalue weighted by Crippen LogP contribution is 2.49. The second-order valence-corrected chi connectivity index (χ2v) is 6.77. The lowest BCUT2D eigenvalue weighted by atomic mass is 9.92. The predicted molar refractivity (Wildman–Crippen MR) is 95.7 cm³/mol. The molecule has 0 saturated carbocycles. The first-order valence-electron chi connectivity index (χ1n) is 8.45. The topological polar surface area (TPSA) is 26.0 Å². The van der Waals surface area contributed by atoms with Gasteiger partial charge in [-0.15, -0.1) is 0 Å². The molecule has 0 atom stereocenters. The molecule has 2 heterocycles. The molecule has 0 radical (unpaired) electrons. The van der Waals surface area contributed by atoms with E-state index in [1.165, 1.54) is 0 Å². The smallest absolute Gasteiger partial charge is 0.416 e. The van der Waals surface area contributed by atoms with Crippen molar-refractivity contribution < 1.29 is 22.5 Å². The van der Waals surface area contributed by atoms with E-state index in [9.17, 15) is 13.2 Å². The number of nitrogens with zero attached hydrogens (tertiary/aromatic N) is 2. The second kappa shape index (κ2) is 5.19. The number of halogens is 3. The molecule has 1 aliphatic rings. The van der Waals surface area contributed by atoms with Crippen LogP contribution in [0.2, 0.25) is 0 Å². The van der Waals surface area contributed by atoms with Crippen LogP contribution in [-0.4, -0.2) is 4.98 Å². The fraction of sp³-hybridized carbons (Fsp3) is 0.143. The van der Waals surface area contributed by atoms with Crippen LogP contribution in [0.25, 0.3) is 32.9 Å². The van der Waals surface area contributed by atoms with Crippen LogP contribution in [-0.2, 0) is 13.2 Å². The number of hydrogen-bond donors (Lipinski definition) is 0. The van der Waals surface area contributed by atoms with Crippen LogP contribution in [0, 0.1) is 6.92 Å². The summed E-state index contributed by atoms with van der Waals surface area (Å²) in [4.78, 5) is 4.21. The summed E-state index contributed by atoms with van der Waals surface area (Å²) in [6, 6.07) is 11.9. The standard InChI is InChI=1S/C21H14F3N2O/c1-11-14-6-4-3-5-12(14)7-16-18(11)20-19-15(25-10-26(20)2)8-13(21(22,23)24)9-17(19)27-16/h3-10H,1-2H3/q+1. The maximum absolute atomic E-state index is 13.3. The van der Waals surface area contributed by atoms with E-state index in [1.54, 1.807) is 6.33 Å². The van der Waals surface area contributed by atoms with Gasteiger partial charge in [-0.25, -0.2) is 4.57 Å². The number of benzene rings is 3. The summed E-state index contributed by atoms with van der Waals surface area (Å²) >= 11 is 0. The molecule has 0 spiro atoms. The van der Waals surface area contributed by atoms with E-state index in [0.717, 1.165) is 39.7 Å². The largest absolute Gasteiger partial charge is 0.456 e. The van der Waals surface area contributed by atoms with Gasteiger partial charge >= 0.3 is 6.18 Å². The van der Waals surface area contributed by atoms with Crippen LogP contribution in [0.5, 0.6) is 11.5 Å². The third kappa shape index (κ3) is 2.22. The Labute approximate surface area is 152 Å². The lowest BCUT2D eigenvalue weighted by molar-refractivity contribution is -0.662. The number of hydrogen-bond acceptors (Lipinski definition) is 2. The fourth-order valence-corrected chi connectivity index (χ4v) is 3.86. The zero-order valence-electron chi connectivity index (χ0n) is 14.6. The Morgan fingerprint density at radius 1 is 1.04 bits per heavy atom. The number of rotatable bonds is 0. The lowest BCUT2D eigenvalue weighted by Crippen LogP contribution is -2.33. The summed E-state index contributed by atoms with van der Waals surface area (Å²) in [6.45, 7) is 2.01. The van der Waals surface area contributed by atoms with Crippen LogP contribution in [0.3, 0.4) is 0 Å². The molecule has 0 N–H and O–H groups in total. The summed E-state index contributed by atoms with van der Waals surface area (Å²) < 4.78 is 47.7. The number of fused-ring (bicyclic) bond motifs is 3. The molecule has 1 aliphatic heterocycles. The fourth-order valence-electron chi connectivity index (χ4n) is 3.86. The van der Waals surface area contributed by atoms with Gasteiger partial charge in [-0.1, -0.05) is 24.3 Å². The van der Waals surface area contributed by atoms with Gasteiger partial charge in [0.2, 0.25) is 0 Å². The van der Waals surface area contributed by atoms with Crippen molar-refractivity contribution in [3.8, 4) is 22.8 Å². The van der Waals surface area contributed by atoms with E-state index in [2.05, 4.69) is 4.98 Å². The van der Waals surface area contributed by atoms with Crippen molar-refractivity contribution in [2.45, 2.75) is 13.1 Å². The van der Waals surface area contributed by atoms with Crippen molar-refractivity contribution in [1.82, 2.24) is 4.98 Å². The van der Waals surface area contributed by atoms with Gasteiger partial charge in [0.15, 0.2) is 11.2 Å². The summed E-state index contributed by atoms with van der Waals surface area (Å²) in [5.41, 5.74) is 2.23. The summed E-state index contributed by atoms with van der Waals surface area (Å²) in [6.07, 6.45) is -2.92. The van der Waals surface area contributed by atoms with E-state index in [4.69, 9.17) is 4.74 Å². The SMILES string of the molecule is Cc1c2c(cc3ccccc13)Oc1cc(C(F)(F)F)cc3nc[n+](C)c-2c13. The molecule has 0 bridgehead atoms. The minimum Gasteiger partial charge on any atom is -0.456 e. The third-order valence-corrected chi connectivity index (χ3v) is 5.10. The molecule has 4 aromatic rings. The van der Waals surface area contributed by atoms with Gasteiger partial charge in [0, 0.05) is 6.07 Å². The molecule has 0 aliphatic carbocycles. The van der Waals surface area contributed by atoms with Crippen LogP contribution in [0.4, 0.5) is 13.2 Å². The van der Waals surface area contributed by atoms with Gasteiger partial charge < -0.3 is 4.74 Å². The zero-order valence-corrected chi connectivity index (χ0v) is 14.6. The normalized spacial score (nSPS) is 12.9. The number of aromatic nitrogens is 2. The van der Waals surface area contributed by atoms with Crippen molar-refractivity contribution in [1.29, 1.82) is 0 Å². The van der Waals surface area contributed by atoms with Gasteiger partial charge in [0.25, 0.3) is 6.33 Å². The Morgan fingerprint density at radius 3 is 2.59 bits per heavy atom. The Hall–Kier alpha value is -3.15. The van der Waals surface area contributed by atoms with E-state index in [-0.39, 0.29) is 11.3 Å². The molecular formula is C21H14F3N2O+. The minimum atomic E-state index is -4.46. The average Bonchev–Trinajstić information content (AvgIpc) is 2.63. The lowest BCUT2D eigenvalue weighted by Gasteiger charge is -2.23. The molecule has 0 fully saturated rings. The van der Waals surface area contributed by atoms with Crippen LogP contribution in [0.1, 0.15) is 11.1 Å². The monoisotopic (exact) mass is 367 g/mol. The quantitative estimate of drug-likeness (QED) is 0.347. The summed E-state index contributed by atoms with van der Waals surface area (Å²) in [5.74, 6) is 0.738. The van der Waals surface area contributed by atoms with Crippen LogP contribution >= 0.6 is 0 Å². The molecule has 0 unspecified atom stereocenters. The first-order chi connectivity index (χ1) is 12.8. The first-order valence-corrected chi connectivity index (χ1v) is 8.45. The van der Waals surface area contributed by atoms with E-state index in [1.807, 2.05) is 48.9 Å². The van der Waals surface area contributed by atoms with Crippen LogP contribution in [0.15, 0.2) is 48.8 Å². The molecule has 5 rings (SSSR count). The maximum Gasteiger partial charge on any atom is 0.416 e. The highest BCUT2D eigenvalue weighted by atomic mass is 19.4. The van der Waals surface area contributed by atoms with Crippen LogP contribution < -0.4 is 9.30 Å². The molecule has 3 aromatic carbocycles. The zero-order chi connectivity index (χ0) is 18.9. The molecule has 0 amide bonds. The third-order valence-electron chi connectivity index (χ3n) is 5.10. The van der Waals surface area contributed by atoms with Crippen molar-refractivity contribution in [3.63, 3.8) is 0 Å². The number of ether oxygens (including phenoxy) is 1. The van der Waals surface area contributed by atoms with Crippen molar-refractivity contribution >= 4 is 21.7 Å². The molecule has 1 aromatic heterocycles. The molecule has 134 valence electrons. The molecule has 6 heteroatoms. The Balaban J connectivity index is 1.94. The molecule has 27 heavy (non-hydrogen) atoms. The number of aryl methyl sites for hydroxylation is 2. The van der Waals surface area contributed by atoms with E-state index in [0.29, 0.717) is 11.1 Å². The molecule has 3 nitrogen and oxygen atoms in total. The Morgan fingerprint density at radius 2 is 1.81 bits per heavy atom. The highest BCUT2D eigenvalue weighted by molar-refractivity contribution is 6.04. The predicted octanol–water partition coefficient (Wildman–Crippen LogP) is 5.31.